The molecule has 0 unspecified atom stereocenters. The number of carbonyl (C=O) groups is 1. The number of esters is 1. The molecule has 0 atom stereocenters. The summed E-state index contributed by atoms with van der Waals surface area (Å²) in [5.74, 6) is -0.365. The standard InChI is InChI=1S/C16H22O4/c1-3-13-5-7-14(8-6-13)9-15(19)20-12-16(4-2,10-17)11-18/h3,5-8,17-18H,1,4,9-12H2,2H3. The van der Waals surface area contributed by atoms with Gasteiger partial charge in [0.05, 0.1) is 25.0 Å². The minimum atomic E-state index is -0.748. The van der Waals surface area contributed by atoms with Crippen LogP contribution in [-0.2, 0) is 16.0 Å². The van der Waals surface area contributed by atoms with Crippen molar-refractivity contribution in [2.75, 3.05) is 19.8 Å². The van der Waals surface area contributed by atoms with Crippen LogP contribution in [0.3, 0.4) is 0 Å². The SMILES string of the molecule is C=Cc1ccc(CC(=O)OCC(CC)(CO)CO)cc1. The van der Waals surface area contributed by atoms with Gasteiger partial charge >= 0.3 is 5.97 Å². The second kappa shape index (κ2) is 7.82. The van der Waals surface area contributed by atoms with Crippen LogP contribution in [0.1, 0.15) is 24.5 Å². The van der Waals surface area contributed by atoms with Crippen LogP contribution in [0.25, 0.3) is 6.08 Å². The molecule has 0 fully saturated rings. The number of ether oxygens (including phenoxy) is 1. The van der Waals surface area contributed by atoms with E-state index in [1.54, 1.807) is 6.08 Å². The summed E-state index contributed by atoms with van der Waals surface area (Å²) in [6.45, 7) is 5.12. The number of hydrogen-bond acceptors (Lipinski definition) is 4. The fourth-order valence-corrected chi connectivity index (χ4v) is 1.69. The van der Waals surface area contributed by atoms with Crippen molar-refractivity contribution in [1.29, 1.82) is 0 Å². The van der Waals surface area contributed by atoms with E-state index in [0.717, 1.165) is 11.1 Å². The topological polar surface area (TPSA) is 66.8 Å². The van der Waals surface area contributed by atoms with Crippen LogP contribution in [0.5, 0.6) is 0 Å². The minimum Gasteiger partial charge on any atom is -0.465 e. The highest BCUT2D eigenvalue weighted by Gasteiger charge is 2.28. The summed E-state index contributed by atoms with van der Waals surface area (Å²) in [6.07, 6.45) is 2.45. The Kier molecular flexibility index (Phi) is 6.42. The van der Waals surface area contributed by atoms with Crippen LogP contribution in [0.15, 0.2) is 30.8 Å². The van der Waals surface area contributed by atoms with Gasteiger partial charge in [0.1, 0.15) is 6.61 Å². The van der Waals surface area contributed by atoms with Gasteiger partial charge in [-0.3, -0.25) is 4.79 Å². The maximum absolute atomic E-state index is 11.8. The first-order valence-electron chi connectivity index (χ1n) is 6.68. The van der Waals surface area contributed by atoms with Gasteiger partial charge in [-0.1, -0.05) is 43.8 Å². The summed E-state index contributed by atoms with van der Waals surface area (Å²) in [6, 6.07) is 7.47. The van der Waals surface area contributed by atoms with E-state index in [4.69, 9.17) is 4.74 Å². The second-order valence-corrected chi connectivity index (χ2v) is 4.95. The summed E-state index contributed by atoms with van der Waals surface area (Å²) >= 11 is 0. The van der Waals surface area contributed by atoms with Crippen molar-refractivity contribution >= 4 is 12.0 Å². The molecule has 0 radical (unpaired) electrons. The fraction of sp³-hybridized carbons (Fsp3) is 0.438. The highest BCUT2D eigenvalue weighted by Crippen LogP contribution is 2.21. The molecule has 0 amide bonds. The molecule has 0 saturated carbocycles. The predicted octanol–water partition coefficient (Wildman–Crippen LogP) is 1.80. The normalized spacial score (nSPS) is 11.2. The van der Waals surface area contributed by atoms with Crippen molar-refractivity contribution < 1.29 is 19.7 Å². The van der Waals surface area contributed by atoms with E-state index in [2.05, 4.69) is 6.58 Å². The summed E-state index contributed by atoms with van der Waals surface area (Å²) in [4.78, 5) is 11.8. The van der Waals surface area contributed by atoms with Gasteiger partial charge in [-0.15, -0.1) is 0 Å². The molecule has 0 aromatic heterocycles. The zero-order valence-corrected chi connectivity index (χ0v) is 11.8. The van der Waals surface area contributed by atoms with Gasteiger partial charge in [0, 0.05) is 0 Å². The molecule has 1 rings (SSSR count). The Morgan fingerprint density at radius 2 is 1.90 bits per heavy atom. The van der Waals surface area contributed by atoms with E-state index in [9.17, 15) is 15.0 Å². The Balaban J connectivity index is 2.52. The molecule has 1 aromatic rings. The second-order valence-electron chi connectivity index (χ2n) is 4.95. The van der Waals surface area contributed by atoms with Crippen LogP contribution < -0.4 is 0 Å². The largest absolute Gasteiger partial charge is 0.465 e. The van der Waals surface area contributed by atoms with E-state index in [1.807, 2.05) is 31.2 Å². The van der Waals surface area contributed by atoms with Gasteiger partial charge in [0.25, 0.3) is 0 Å². The molecule has 1 aromatic carbocycles. The number of benzene rings is 1. The van der Waals surface area contributed by atoms with Gasteiger partial charge < -0.3 is 14.9 Å². The molecule has 0 aliphatic heterocycles. The van der Waals surface area contributed by atoms with Crippen molar-refractivity contribution in [3.8, 4) is 0 Å². The zero-order chi connectivity index (χ0) is 15.0. The molecule has 0 heterocycles. The Hall–Kier alpha value is -1.65. The number of aliphatic hydroxyl groups is 2. The molecule has 0 aliphatic rings. The van der Waals surface area contributed by atoms with Gasteiger partial charge in [0.15, 0.2) is 0 Å². The van der Waals surface area contributed by atoms with Gasteiger partial charge in [0.2, 0.25) is 0 Å². The Labute approximate surface area is 119 Å². The molecular formula is C16H22O4. The van der Waals surface area contributed by atoms with E-state index in [1.165, 1.54) is 0 Å². The van der Waals surface area contributed by atoms with E-state index in [-0.39, 0.29) is 32.2 Å². The fourth-order valence-electron chi connectivity index (χ4n) is 1.69. The Morgan fingerprint density at radius 1 is 1.30 bits per heavy atom. The van der Waals surface area contributed by atoms with Crippen LogP contribution >= 0.6 is 0 Å². The van der Waals surface area contributed by atoms with Crippen molar-refractivity contribution in [3.05, 3.63) is 42.0 Å². The van der Waals surface area contributed by atoms with Gasteiger partial charge in [-0.05, 0) is 17.5 Å². The van der Waals surface area contributed by atoms with E-state index >= 15 is 0 Å². The van der Waals surface area contributed by atoms with Crippen LogP contribution in [0.4, 0.5) is 0 Å². The molecule has 0 saturated heterocycles. The highest BCUT2D eigenvalue weighted by atomic mass is 16.5. The minimum absolute atomic E-state index is 0.0279. The first-order valence-corrected chi connectivity index (χ1v) is 6.68. The average Bonchev–Trinajstić information content (AvgIpc) is 2.50. The maximum Gasteiger partial charge on any atom is 0.310 e. The maximum atomic E-state index is 11.8. The third kappa shape index (κ3) is 4.47. The smallest absolute Gasteiger partial charge is 0.310 e. The van der Waals surface area contributed by atoms with Gasteiger partial charge in [-0.25, -0.2) is 0 Å². The molecule has 0 bridgehead atoms. The molecule has 2 N–H and O–H groups in total. The molecule has 4 nitrogen and oxygen atoms in total. The van der Waals surface area contributed by atoms with E-state index in [0.29, 0.717) is 6.42 Å². The first kappa shape index (κ1) is 16.4. The number of aliphatic hydroxyl groups excluding tert-OH is 2. The first-order chi connectivity index (χ1) is 9.59. The molecule has 4 heteroatoms. The molecule has 0 aliphatic carbocycles. The van der Waals surface area contributed by atoms with Crippen molar-refractivity contribution in [3.63, 3.8) is 0 Å². The molecular weight excluding hydrogens is 256 g/mol. The lowest BCUT2D eigenvalue weighted by Crippen LogP contribution is -2.35. The van der Waals surface area contributed by atoms with Crippen LogP contribution in [-0.4, -0.2) is 36.0 Å². The Bertz CT molecular complexity index is 424. The summed E-state index contributed by atoms with van der Waals surface area (Å²) in [5.41, 5.74) is 1.10. The summed E-state index contributed by atoms with van der Waals surface area (Å²) in [7, 11) is 0. The summed E-state index contributed by atoms with van der Waals surface area (Å²) in [5, 5.41) is 18.6. The third-order valence-corrected chi connectivity index (χ3v) is 3.52. The lowest BCUT2D eigenvalue weighted by atomic mass is 9.88. The average molecular weight is 278 g/mol. The number of rotatable bonds is 8. The quantitative estimate of drug-likeness (QED) is 0.712. The Morgan fingerprint density at radius 3 is 2.35 bits per heavy atom. The van der Waals surface area contributed by atoms with Crippen LogP contribution in [0, 0.1) is 5.41 Å². The highest BCUT2D eigenvalue weighted by molar-refractivity contribution is 5.72. The third-order valence-electron chi connectivity index (χ3n) is 3.52. The molecule has 110 valence electrons. The lowest BCUT2D eigenvalue weighted by Gasteiger charge is -2.27. The van der Waals surface area contributed by atoms with Gasteiger partial charge in [-0.2, -0.15) is 0 Å². The molecule has 0 spiro atoms. The molecule has 20 heavy (non-hydrogen) atoms. The summed E-state index contributed by atoms with van der Waals surface area (Å²) < 4.78 is 5.16. The number of carbonyl (C=O) groups excluding carboxylic acids is 1. The van der Waals surface area contributed by atoms with Crippen LogP contribution in [0.2, 0.25) is 0 Å². The number of hydrogen-bond donors (Lipinski definition) is 2. The van der Waals surface area contributed by atoms with E-state index < -0.39 is 5.41 Å². The lowest BCUT2D eigenvalue weighted by molar-refractivity contribution is -0.148. The van der Waals surface area contributed by atoms with Crippen molar-refractivity contribution in [2.45, 2.75) is 19.8 Å². The van der Waals surface area contributed by atoms with Crippen molar-refractivity contribution in [1.82, 2.24) is 0 Å². The zero-order valence-electron chi connectivity index (χ0n) is 11.8. The van der Waals surface area contributed by atoms with Crippen molar-refractivity contribution in [2.24, 2.45) is 5.41 Å². The predicted molar refractivity (Wildman–Crippen MR) is 78.1 cm³/mol. The monoisotopic (exact) mass is 278 g/mol.